The van der Waals surface area contributed by atoms with Crippen molar-refractivity contribution in [3.8, 4) is 5.69 Å². The molecule has 9 nitrogen and oxygen atoms in total. The van der Waals surface area contributed by atoms with Crippen molar-refractivity contribution < 1.29 is 27.6 Å². The molecule has 0 aliphatic carbocycles. The van der Waals surface area contributed by atoms with Gasteiger partial charge in [-0.15, -0.1) is 0 Å². The van der Waals surface area contributed by atoms with Crippen molar-refractivity contribution in [3.05, 3.63) is 99.9 Å². The molecule has 0 N–H and O–H groups in total. The third-order valence-electron chi connectivity index (χ3n) is 7.22. The van der Waals surface area contributed by atoms with Crippen LogP contribution in [0.15, 0.2) is 75.0 Å². The van der Waals surface area contributed by atoms with E-state index in [1.807, 2.05) is 0 Å². The highest BCUT2D eigenvalue weighted by Crippen LogP contribution is 2.37. The average molecular weight is 601 g/mol. The normalized spacial score (nSPS) is 16.7. The number of hydrogen-bond acceptors (Lipinski definition) is 8. The van der Waals surface area contributed by atoms with E-state index in [1.165, 1.54) is 47.0 Å². The number of benzene rings is 3. The number of aromatic nitrogens is 3. The summed E-state index contributed by atoms with van der Waals surface area (Å²) in [6.45, 7) is 7.19. The molecule has 1 atom stereocenters. The van der Waals surface area contributed by atoms with E-state index in [0.717, 1.165) is 0 Å². The summed E-state index contributed by atoms with van der Waals surface area (Å²) < 4.78 is 40.1. The van der Waals surface area contributed by atoms with Crippen LogP contribution < -0.4 is 5.56 Å². The van der Waals surface area contributed by atoms with Crippen LogP contribution in [0.4, 0.5) is 8.78 Å². The fourth-order valence-electron chi connectivity index (χ4n) is 5.15. The molecule has 226 valence electrons. The van der Waals surface area contributed by atoms with Crippen molar-refractivity contribution in [1.29, 1.82) is 0 Å². The lowest BCUT2D eigenvalue weighted by Crippen LogP contribution is -2.25. The van der Waals surface area contributed by atoms with Crippen LogP contribution in [0.3, 0.4) is 0 Å². The van der Waals surface area contributed by atoms with Gasteiger partial charge < -0.3 is 14.0 Å². The minimum absolute atomic E-state index is 0.143. The first kappa shape index (κ1) is 29.2. The van der Waals surface area contributed by atoms with Gasteiger partial charge >= 0.3 is 5.97 Å². The maximum atomic E-state index is 13.8. The van der Waals surface area contributed by atoms with Gasteiger partial charge in [-0.2, -0.15) is 0 Å². The number of fused-ring (bicyclic) bond motifs is 2. The number of nitrogens with zero attached hydrogens (tertiary/aromatic N) is 4. The Bertz CT molecular complexity index is 1990. The summed E-state index contributed by atoms with van der Waals surface area (Å²) in [6.07, 6.45) is 1.14. The molecule has 1 aliphatic heterocycles. The van der Waals surface area contributed by atoms with Gasteiger partial charge in [0.05, 0.1) is 22.3 Å². The second kappa shape index (κ2) is 11.0. The van der Waals surface area contributed by atoms with Gasteiger partial charge in [0.15, 0.2) is 5.58 Å². The van der Waals surface area contributed by atoms with Crippen LogP contribution in [0.1, 0.15) is 64.2 Å². The summed E-state index contributed by atoms with van der Waals surface area (Å²) in [5.41, 5.74) is 1.05. The third-order valence-corrected chi connectivity index (χ3v) is 7.22. The van der Waals surface area contributed by atoms with E-state index in [0.29, 0.717) is 64.1 Å². The Hall–Kier alpha value is -4.93. The Balaban J connectivity index is 1.32. The zero-order chi connectivity index (χ0) is 31.2. The highest BCUT2D eigenvalue weighted by Gasteiger charge is 2.41. The molecular weight excluding hydrogens is 570 g/mol. The minimum atomic E-state index is -1.02. The molecule has 2 aromatic heterocycles. The highest BCUT2D eigenvalue weighted by atomic mass is 19.1. The molecule has 0 amide bonds. The van der Waals surface area contributed by atoms with E-state index in [1.54, 1.807) is 45.9 Å². The molecule has 0 radical (unpaired) electrons. The summed E-state index contributed by atoms with van der Waals surface area (Å²) >= 11 is 0. The summed E-state index contributed by atoms with van der Waals surface area (Å²) in [4.78, 5) is 41.2. The lowest BCUT2D eigenvalue weighted by Gasteiger charge is -2.19. The molecular formula is C33H30F2N4O5. The zero-order valence-corrected chi connectivity index (χ0v) is 24.7. The number of oxazole rings is 1. The van der Waals surface area contributed by atoms with Gasteiger partial charge in [-0.1, -0.05) is 11.2 Å². The molecule has 0 saturated heterocycles. The van der Waals surface area contributed by atoms with Crippen molar-refractivity contribution in [3.63, 3.8) is 0 Å². The van der Waals surface area contributed by atoms with E-state index in [4.69, 9.17) is 19.0 Å². The van der Waals surface area contributed by atoms with Crippen LogP contribution >= 0.6 is 0 Å². The topological polar surface area (TPSA) is 109 Å². The molecule has 1 unspecified atom stereocenters. The number of carbonyl (C=O) groups is 1. The van der Waals surface area contributed by atoms with Crippen molar-refractivity contribution in [2.45, 2.75) is 64.6 Å². The van der Waals surface area contributed by atoms with Gasteiger partial charge in [0.25, 0.3) is 5.56 Å². The first-order valence-corrected chi connectivity index (χ1v) is 14.2. The first-order valence-electron chi connectivity index (χ1n) is 14.2. The van der Waals surface area contributed by atoms with Crippen LogP contribution in [-0.4, -0.2) is 31.8 Å². The SMILES string of the molecule is CC(C)(C)OC(=O)CCCc1nc2cc(C3=NOC(C)(c4nc5ccc(F)cc5o4)C3)ccc2c(=O)n1-c1ccc(F)cc1. The molecule has 0 fully saturated rings. The zero-order valence-electron chi connectivity index (χ0n) is 24.7. The van der Waals surface area contributed by atoms with Crippen LogP contribution in [0.2, 0.25) is 0 Å². The van der Waals surface area contributed by atoms with Gasteiger partial charge in [-0.3, -0.25) is 14.2 Å². The smallest absolute Gasteiger partial charge is 0.306 e. The molecule has 1 aliphatic rings. The van der Waals surface area contributed by atoms with Gasteiger partial charge in [-0.25, -0.2) is 18.7 Å². The number of ether oxygens (including phenoxy) is 1. The van der Waals surface area contributed by atoms with Gasteiger partial charge in [-0.05, 0) is 82.6 Å². The number of rotatable bonds is 7. The number of oxime groups is 1. The standard InChI is InChI=1S/C33H30F2N4O5/c1-32(2,3)43-29(40)7-5-6-28-36-25-16-19(8-14-23(25)30(41)39(28)22-12-9-20(34)10-13-22)26-18-33(4,44-38-26)31-37-24-15-11-21(35)17-27(24)42-31/h8-17H,5-7,18H2,1-4H3. The van der Waals surface area contributed by atoms with E-state index in [9.17, 15) is 18.4 Å². The number of carbonyl (C=O) groups excluding carboxylic acids is 1. The molecule has 11 heteroatoms. The second-order valence-electron chi connectivity index (χ2n) is 12.0. The monoisotopic (exact) mass is 600 g/mol. The lowest BCUT2D eigenvalue weighted by molar-refractivity contribution is -0.154. The van der Waals surface area contributed by atoms with Crippen molar-refractivity contribution in [1.82, 2.24) is 14.5 Å². The van der Waals surface area contributed by atoms with Crippen LogP contribution in [0.25, 0.3) is 27.7 Å². The number of halogens is 2. The third kappa shape index (κ3) is 5.82. The molecule has 0 saturated carbocycles. The van der Waals surface area contributed by atoms with Gasteiger partial charge in [0.2, 0.25) is 11.5 Å². The average Bonchev–Trinajstić information content (AvgIpc) is 3.57. The largest absolute Gasteiger partial charge is 0.460 e. The van der Waals surface area contributed by atoms with E-state index >= 15 is 0 Å². The lowest BCUT2D eigenvalue weighted by atomic mass is 9.95. The maximum absolute atomic E-state index is 13.8. The fraction of sp³-hybridized carbons (Fsp3) is 0.303. The Morgan fingerprint density at radius 1 is 1.00 bits per heavy atom. The van der Waals surface area contributed by atoms with Crippen LogP contribution in [-0.2, 0) is 26.4 Å². The number of hydrogen-bond donors (Lipinski definition) is 0. The number of aryl methyl sites for hydroxylation is 1. The van der Waals surface area contributed by atoms with E-state index < -0.39 is 22.8 Å². The molecule has 5 aromatic rings. The molecule has 0 spiro atoms. The quantitative estimate of drug-likeness (QED) is 0.196. The maximum Gasteiger partial charge on any atom is 0.306 e. The predicted molar refractivity (Wildman–Crippen MR) is 160 cm³/mol. The predicted octanol–water partition coefficient (Wildman–Crippen LogP) is 6.51. The van der Waals surface area contributed by atoms with Crippen molar-refractivity contribution in [2.75, 3.05) is 0 Å². The summed E-state index contributed by atoms with van der Waals surface area (Å²) in [5, 5.41) is 4.65. The van der Waals surface area contributed by atoms with Gasteiger partial charge in [0, 0.05) is 30.9 Å². The molecule has 6 rings (SSSR count). The second-order valence-corrected chi connectivity index (χ2v) is 12.0. The summed E-state index contributed by atoms with van der Waals surface area (Å²) in [5.74, 6) is -0.514. The first-order chi connectivity index (χ1) is 20.9. The highest BCUT2D eigenvalue weighted by molar-refractivity contribution is 6.03. The minimum Gasteiger partial charge on any atom is -0.460 e. The Kier molecular flexibility index (Phi) is 7.27. The van der Waals surface area contributed by atoms with Crippen molar-refractivity contribution in [2.24, 2.45) is 5.16 Å². The van der Waals surface area contributed by atoms with Crippen LogP contribution in [0.5, 0.6) is 0 Å². The Morgan fingerprint density at radius 2 is 1.75 bits per heavy atom. The summed E-state index contributed by atoms with van der Waals surface area (Å²) in [7, 11) is 0. The molecule has 0 bridgehead atoms. The molecule has 3 heterocycles. The van der Waals surface area contributed by atoms with E-state index in [-0.39, 0.29) is 23.8 Å². The number of esters is 1. The van der Waals surface area contributed by atoms with Crippen molar-refractivity contribution >= 4 is 33.7 Å². The molecule has 3 aromatic carbocycles. The Morgan fingerprint density at radius 3 is 2.50 bits per heavy atom. The van der Waals surface area contributed by atoms with E-state index in [2.05, 4.69) is 10.1 Å². The fourth-order valence-corrected chi connectivity index (χ4v) is 5.15. The Labute approximate surface area is 251 Å². The molecule has 44 heavy (non-hydrogen) atoms. The van der Waals surface area contributed by atoms with Gasteiger partial charge in [0.1, 0.15) is 28.6 Å². The summed E-state index contributed by atoms with van der Waals surface area (Å²) in [6, 6.07) is 14.9. The van der Waals surface area contributed by atoms with Crippen LogP contribution in [0, 0.1) is 11.6 Å².